The van der Waals surface area contributed by atoms with Crippen molar-refractivity contribution in [2.24, 2.45) is 5.92 Å². The molecule has 0 bridgehead atoms. The Kier molecular flexibility index (Phi) is 5.90. The maximum absolute atomic E-state index is 12.7. The summed E-state index contributed by atoms with van der Waals surface area (Å²) in [6, 6.07) is 16.0. The standard InChI is InChI=1S/C26H26N6O/c27-14-20-3-1-19(2-4-20)5-8-26(33)31-11-9-21(10-12-31)18-32-25-7-6-22(13-23(25)17-30-32)24-15-28-29-16-24/h1-4,6-7,13,15-17,21H,5,8-12,18H2,(H,28,29). The molecule has 0 spiro atoms. The molecule has 1 fully saturated rings. The van der Waals surface area contributed by atoms with E-state index < -0.39 is 0 Å². The number of hydrogen-bond acceptors (Lipinski definition) is 4. The summed E-state index contributed by atoms with van der Waals surface area (Å²) < 4.78 is 2.10. The summed E-state index contributed by atoms with van der Waals surface area (Å²) in [4.78, 5) is 14.7. The van der Waals surface area contributed by atoms with Gasteiger partial charge in [0, 0.05) is 43.2 Å². The van der Waals surface area contributed by atoms with Crippen LogP contribution in [-0.4, -0.2) is 43.9 Å². The van der Waals surface area contributed by atoms with Gasteiger partial charge in [0.05, 0.1) is 29.5 Å². The van der Waals surface area contributed by atoms with Gasteiger partial charge in [-0.15, -0.1) is 0 Å². The number of nitriles is 1. The maximum atomic E-state index is 12.7. The van der Waals surface area contributed by atoms with E-state index in [0.717, 1.165) is 60.1 Å². The van der Waals surface area contributed by atoms with E-state index in [2.05, 4.69) is 44.2 Å². The molecule has 1 aliphatic rings. The van der Waals surface area contributed by atoms with Gasteiger partial charge >= 0.3 is 0 Å². The average Bonchev–Trinajstić information content (AvgIpc) is 3.54. The van der Waals surface area contributed by atoms with E-state index in [9.17, 15) is 4.79 Å². The topological polar surface area (TPSA) is 90.6 Å². The number of hydrogen-bond donors (Lipinski definition) is 1. The molecule has 4 aromatic rings. The lowest BCUT2D eigenvalue weighted by atomic mass is 9.96. The minimum atomic E-state index is 0.217. The smallest absolute Gasteiger partial charge is 0.222 e. The lowest BCUT2D eigenvalue weighted by molar-refractivity contribution is -0.132. The van der Waals surface area contributed by atoms with Crippen LogP contribution in [0.3, 0.4) is 0 Å². The molecule has 0 saturated carbocycles. The molecule has 7 nitrogen and oxygen atoms in total. The number of carbonyl (C=O) groups excluding carboxylic acids is 1. The molecule has 0 aliphatic carbocycles. The normalized spacial score (nSPS) is 14.5. The van der Waals surface area contributed by atoms with E-state index in [1.807, 2.05) is 47.8 Å². The molecule has 166 valence electrons. The van der Waals surface area contributed by atoms with Crippen LogP contribution in [0, 0.1) is 17.2 Å². The third kappa shape index (κ3) is 4.65. The van der Waals surface area contributed by atoms with Crippen molar-refractivity contribution in [3.63, 3.8) is 0 Å². The van der Waals surface area contributed by atoms with E-state index in [0.29, 0.717) is 24.3 Å². The van der Waals surface area contributed by atoms with E-state index in [-0.39, 0.29) is 5.91 Å². The van der Waals surface area contributed by atoms with Crippen molar-refractivity contribution >= 4 is 16.8 Å². The summed E-state index contributed by atoms with van der Waals surface area (Å²) in [7, 11) is 0. The molecule has 1 aliphatic heterocycles. The molecule has 0 atom stereocenters. The van der Waals surface area contributed by atoms with Crippen LogP contribution in [0.5, 0.6) is 0 Å². The van der Waals surface area contributed by atoms with Gasteiger partial charge in [-0.05, 0) is 60.6 Å². The van der Waals surface area contributed by atoms with Crippen molar-refractivity contribution in [1.82, 2.24) is 24.9 Å². The number of H-pyrrole nitrogens is 1. The Balaban J connectivity index is 1.14. The van der Waals surface area contributed by atoms with Gasteiger partial charge in [0.15, 0.2) is 0 Å². The number of amides is 1. The first-order valence-corrected chi connectivity index (χ1v) is 11.4. The van der Waals surface area contributed by atoms with Crippen LogP contribution in [0.25, 0.3) is 22.0 Å². The van der Waals surface area contributed by atoms with E-state index >= 15 is 0 Å². The van der Waals surface area contributed by atoms with Crippen molar-refractivity contribution in [2.75, 3.05) is 13.1 Å². The molecule has 33 heavy (non-hydrogen) atoms. The SMILES string of the molecule is N#Cc1ccc(CCC(=O)N2CCC(Cn3ncc4cc(-c5cn[nH]c5)ccc43)CC2)cc1. The van der Waals surface area contributed by atoms with Crippen LogP contribution in [0.2, 0.25) is 0 Å². The number of aromatic amines is 1. The number of fused-ring (bicyclic) bond motifs is 1. The zero-order valence-electron chi connectivity index (χ0n) is 18.4. The highest BCUT2D eigenvalue weighted by atomic mass is 16.2. The van der Waals surface area contributed by atoms with Gasteiger partial charge in [-0.2, -0.15) is 15.5 Å². The van der Waals surface area contributed by atoms with Gasteiger partial charge in [0.2, 0.25) is 5.91 Å². The van der Waals surface area contributed by atoms with Crippen LogP contribution in [0.15, 0.2) is 61.1 Å². The highest BCUT2D eigenvalue weighted by Gasteiger charge is 2.23. The first-order chi connectivity index (χ1) is 16.2. The minimum absolute atomic E-state index is 0.217. The van der Waals surface area contributed by atoms with Gasteiger partial charge in [0.25, 0.3) is 0 Å². The van der Waals surface area contributed by atoms with Gasteiger partial charge in [-0.25, -0.2) is 0 Å². The number of aryl methyl sites for hydroxylation is 1. The first kappa shape index (κ1) is 21.0. The van der Waals surface area contributed by atoms with Crippen LogP contribution in [-0.2, 0) is 17.8 Å². The highest BCUT2D eigenvalue weighted by Crippen LogP contribution is 2.26. The fraction of sp³-hybridized carbons (Fsp3) is 0.308. The number of piperidine rings is 1. The Hall–Kier alpha value is -3.92. The van der Waals surface area contributed by atoms with Crippen molar-refractivity contribution in [3.8, 4) is 17.2 Å². The molecule has 2 aromatic carbocycles. The van der Waals surface area contributed by atoms with Crippen molar-refractivity contribution in [2.45, 2.75) is 32.2 Å². The largest absolute Gasteiger partial charge is 0.343 e. The van der Waals surface area contributed by atoms with Crippen molar-refractivity contribution in [3.05, 3.63) is 72.2 Å². The predicted molar refractivity (Wildman–Crippen MR) is 126 cm³/mol. The number of rotatable bonds is 6. The van der Waals surface area contributed by atoms with Crippen molar-refractivity contribution < 1.29 is 4.79 Å². The predicted octanol–water partition coefficient (Wildman–Crippen LogP) is 4.17. The quantitative estimate of drug-likeness (QED) is 0.489. The molecule has 3 heterocycles. The Labute approximate surface area is 192 Å². The molecule has 2 aromatic heterocycles. The van der Waals surface area contributed by atoms with Crippen LogP contribution >= 0.6 is 0 Å². The number of benzene rings is 2. The molecular weight excluding hydrogens is 412 g/mol. The third-order valence-electron chi connectivity index (χ3n) is 6.58. The lowest BCUT2D eigenvalue weighted by Crippen LogP contribution is -2.39. The first-order valence-electron chi connectivity index (χ1n) is 11.4. The number of nitrogens with zero attached hydrogens (tertiary/aromatic N) is 5. The molecular formula is C26H26N6O. The van der Waals surface area contributed by atoms with Gasteiger partial charge in [-0.3, -0.25) is 14.6 Å². The summed E-state index contributed by atoms with van der Waals surface area (Å²) >= 11 is 0. The van der Waals surface area contributed by atoms with Crippen LogP contribution < -0.4 is 0 Å². The number of nitrogens with one attached hydrogen (secondary N) is 1. The maximum Gasteiger partial charge on any atom is 0.222 e. The number of carbonyl (C=O) groups is 1. The van der Waals surface area contributed by atoms with E-state index in [1.54, 1.807) is 0 Å². The number of likely N-dealkylation sites (tertiary alicyclic amines) is 1. The molecule has 1 N–H and O–H groups in total. The van der Waals surface area contributed by atoms with Crippen LogP contribution in [0.1, 0.15) is 30.4 Å². The zero-order chi connectivity index (χ0) is 22.6. The van der Waals surface area contributed by atoms with Gasteiger partial charge in [-0.1, -0.05) is 18.2 Å². The zero-order valence-corrected chi connectivity index (χ0v) is 18.4. The molecule has 0 radical (unpaired) electrons. The average molecular weight is 439 g/mol. The fourth-order valence-corrected chi connectivity index (χ4v) is 4.59. The summed E-state index contributed by atoms with van der Waals surface area (Å²) in [6.45, 7) is 2.49. The lowest BCUT2D eigenvalue weighted by Gasteiger charge is -2.32. The highest BCUT2D eigenvalue weighted by molar-refractivity contribution is 5.84. The fourth-order valence-electron chi connectivity index (χ4n) is 4.59. The second-order valence-corrected chi connectivity index (χ2v) is 8.72. The third-order valence-corrected chi connectivity index (χ3v) is 6.58. The van der Waals surface area contributed by atoms with E-state index in [1.165, 1.54) is 0 Å². The Morgan fingerprint density at radius 1 is 1.09 bits per heavy atom. The Bertz CT molecular complexity index is 1270. The Morgan fingerprint density at radius 3 is 2.64 bits per heavy atom. The minimum Gasteiger partial charge on any atom is -0.343 e. The molecule has 1 saturated heterocycles. The molecule has 1 amide bonds. The van der Waals surface area contributed by atoms with Crippen molar-refractivity contribution in [1.29, 1.82) is 5.26 Å². The summed E-state index contributed by atoms with van der Waals surface area (Å²) in [5.41, 5.74) is 5.09. The second-order valence-electron chi connectivity index (χ2n) is 8.72. The van der Waals surface area contributed by atoms with E-state index in [4.69, 9.17) is 5.26 Å². The second kappa shape index (κ2) is 9.29. The number of aromatic nitrogens is 4. The van der Waals surface area contributed by atoms with Gasteiger partial charge < -0.3 is 4.90 Å². The summed E-state index contributed by atoms with van der Waals surface area (Å²) in [5, 5.41) is 21.5. The van der Waals surface area contributed by atoms with Crippen LogP contribution in [0.4, 0.5) is 0 Å². The Morgan fingerprint density at radius 2 is 1.91 bits per heavy atom. The molecule has 5 rings (SSSR count). The summed E-state index contributed by atoms with van der Waals surface area (Å²) in [5.74, 6) is 0.735. The van der Waals surface area contributed by atoms with Gasteiger partial charge in [0.1, 0.15) is 0 Å². The summed E-state index contributed by atoms with van der Waals surface area (Å²) in [6.07, 6.45) is 8.87. The molecule has 7 heteroatoms. The monoisotopic (exact) mass is 438 g/mol. The molecule has 0 unspecified atom stereocenters.